The van der Waals surface area contributed by atoms with Crippen LogP contribution in [-0.2, 0) is 19.6 Å². The van der Waals surface area contributed by atoms with E-state index in [-0.39, 0.29) is 17.1 Å². The van der Waals surface area contributed by atoms with Gasteiger partial charge in [-0.15, -0.1) is 0 Å². The highest BCUT2D eigenvalue weighted by Crippen LogP contribution is 2.33. The molecule has 0 saturated heterocycles. The highest BCUT2D eigenvalue weighted by Gasteiger charge is 2.41. The molecule has 0 rings (SSSR count). The minimum absolute atomic E-state index is 0.104. The quantitative estimate of drug-likeness (QED) is 0.259. The Kier molecular flexibility index (Phi) is 9.15. The molecule has 0 N–H and O–H groups in total. The Labute approximate surface area is 137 Å². The average molecular weight is 318 g/mol. The van der Waals surface area contributed by atoms with E-state index in [0.717, 1.165) is 25.7 Å². The SMILES string of the molecule is CCCC(C)(C)OOC(CC)(OOC(C)(C)CCC)C(C)C. The van der Waals surface area contributed by atoms with Gasteiger partial charge >= 0.3 is 0 Å². The largest absolute Gasteiger partial charge is 0.235 e. The minimum atomic E-state index is -0.893. The standard InChI is InChI=1S/C18H38O4/c1-10-13-16(6,7)19-21-18(12-3,15(4)5)22-20-17(8,9)14-11-2/h15H,10-14H2,1-9H3. The second kappa shape index (κ2) is 9.21. The Bertz CT molecular complexity index is 275. The molecular weight excluding hydrogens is 280 g/mol. The first-order chi connectivity index (χ1) is 10.0. The van der Waals surface area contributed by atoms with Crippen molar-refractivity contribution in [3.05, 3.63) is 0 Å². The van der Waals surface area contributed by atoms with Gasteiger partial charge in [0.2, 0.25) is 5.79 Å². The van der Waals surface area contributed by atoms with Gasteiger partial charge in [0.1, 0.15) is 0 Å². The number of rotatable bonds is 12. The highest BCUT2D eigenvalue weighted by molar-refractivity contribution is 4.72. The first-order valence-electron chi connectivity index (χ1n) is 8.78. The van der Waals surface area contributed by atoms with Crippen molar-refractivity contribution < 1.29 is 19.6 Å². The predicted octanol–water partition coefficient (Wildman–Crippen LogP) is 5.80. The summed E-state index contributed by atoms with van der Waals surface area (Å²) in [6, 6.07) is 0. The summed E-state index contributed by atoms with van der Waals surface area (Å²) in [5.74, 6) is -0.789. The van der Waals surface area contributed by atoms with E-state index in [0.29, 0.717) is 6.42 Å². The summed E-state index contributed by atoms with van der Waals surface area (Å²) >= 11 is 0. The Hall–Kier alpha value is -0.160. The van der Waals surface area contributed by atoms with E-state index in [9.17, 15) is 0 Å². The molecule has 0 spiro atoms. The zero-order valence-corrected chi connectivity index (χ0v) is 16.2. The molecule has 0 bridgehead atoms. The highest BCUT2D eigenvalue weighted by atomic mass is 17.3. The smallest absolute Gasteiger partial charge is 0.228 e. The molecule has 134 valence electrons. The molecule has 0 amide bonds. The van der Waals surface area contributed by atoms with Crippen molar-refractivity contribution in [3.8, 4) is 0 Å². The van der Waals surface area contributed by atoms with E-state index < -0.39 is 5.79 Å². The second-order valence-electron chi connectivity index (χ2n) is 7.67. The van der Waals surface area contributed by atoms with E-state index >= 15 is 0 Å². The van der Waals surface area contributed by atoms with Gasteiger partial charge in [-0.05, 0) is 40.5 Å². The van der Waals surface area contributed by atoms with Crippen LogP contribution in [0.4, 0.5) is 0 Å². The molecule has 0 aliphatic carbocycles. The normalized spacial score (nSPS) is 13.9. The fourth-order valence-electron chi connectivity index (χ4n) is 2.39. The Morgan fingerprint density at radius 2 is 1.05 bits per heavy atom. The molecule has 0 fully saturated rings. The van der Waals surface area contributed by atoms with Crippen molar-refractivity contribution in [1.82, 2.24) is 0 Å². The molecule has 4 heteroatoms. The molecule has 0 aliphatic heterocycles. The molecule has 0 radical (unpaired) electrons. The van der Waals surface area contributed by atoms with Crippen LogP contribution in [0, 0.1) is 5.92 Å². The maximum Gasteiger partial charge on any atom is 0.235 e. The van der Waals surface area contributed by atoms with E-state index in [1.54, 1.807) is 0 Å². The fraction of sp³-hybridized carbons (Fsp3) is 1.00. The van der Waals surface area contributed by atoms with Crippen LogP contribution in [0.1, 0.15) is 94.4 Å². The predicted molar refractivity (Wildman–Crippen MR) is 90.2 cm³/mol. The molecule has 0 aromatic heterocycles. The van der Waals surface area contributed by atoms with E-state index in [1.165, 1.54) is 0 Å². The summed E-state index contributed by atoms with van der Waals surface area (Å²) in [7, 11) is 0. The molecule has 0 aromatic carbocycles. The molecular formula is C18H38O4. The average Bonchev–Trinajstić information content (AvgIpc) is 2.38. The van der Waals surface area contributed by atoms with Crippen LogP contribution in [-0.4, -0.2) is 17.0 Å². The topological polar surface area (TPSA) is 36.9 Å². The lowest BCUT2D eigenvalue weighted by molar-refractivity contribution is -0.553. The summed E-state index contributed by atoms with van der Waals surface area (Å²) in [6.45, 7) is 18.5. The van der Waals surface area contributed by atoms with Crippen LogP contribution in [0.5, 0.6) is 0 Å². The minimum Gasteiger partial charge on any atom is -0.228 e. The van der Waals surface area contributed by atoms with E-state index in [1.807, 2.05) is 34.6 Å². The molecule has 22 heavy (non-hydrogen) atoms. The van der Waals surface area contributed by atoms with Crippen molar-refractivity contribution >= 4 is 0 Å². The molecule has 0 unspecified atom stereocenters. The van der Waals surface area contributed by atoms with Crippen molar-refractivity contribution in [1.29, 1.82) is 0 Å². The second-order valence-corrected chi connectivity index (χ2v) is 7.67. The number of hydrogen-bond acceptors (Lipinski definition) is 4. The van der Waals surface area contributed by atoms with Gasteiger partial charge in [-0.2, -0.15) is 9.78 Å². The van der Waals surface area contributed by atoms with Gasteiger partial charge in [0, 0.05) is 12.3 Å². The van der Waals surface area contributed by atoms with Gasteiger partial charge in [-0.1, -0.05) is 47.5 Å². The van der Waals surface area contributed by atoms with Gasteiger partial charge in [-0.3, -0.25) is 0 Å². The van der Waals surface area contributed by atoms with Crippen LogP contribution in [0.25, 0.3) is 0 Å². The lowest BCUT2D eigenvalue weighted by Crippen LogP contribution is -2.45. The maximum absolute atomic E-state index is 5.78. The van der Waals surface area contributed by atoms with Gasteiger partial charge in [0.05, 0.1) is 11.2 Å². The Morgan fingerprint density at radius 1 is 0.682 bits per heavy atom. The first-order valence-corrected chi connectivity index (χ1v) is 8.78. The summed E-state index contributed by atoms with van der Waals surface area (Å²) < 4.78 is 0. The summed E-state index contributed by atoms with van der Waals surface area (Å²) in [5.41, 5.74) is -0.682. The molecule has 0 aliphatic rings. The Balaban J connectivity index is 4.86. The van der Waals surface area contributed by atoms with Gasteiger partial charge in [0.25, 0.3) is 0 Å². The van der Waals surface area contributed by atoms with Crippen LogP contribution in [0.2, 0.25) is 0 Å². The van der Waals surface area contributed by atoms with Gasteiger partial charge in [-0.25, -0.2) is 9.78 Å². The third kappa shape index (κ3) is 7.40. The lowest BCUT2D eigenvalue weighted by atomic mass is 10.0. The third-order valence-corrected chi connectivity index (χ3v) is 3.89. The van der Waals surface area contributed by atoms with Gasteiger partial charge < -0.3 is 0 Å². The summed E-state index contributed by atoms with van der Waals surface area (Å²) in [4.78, 5) is 23.0. The van der Waals surface area contributed by atoms with Crippen molar-refractivity contribution in [2.24, 2.45) is 5.92 Å². The van der Waals surface area contributed by atoms with Crippen LogP contribution in [0.3, 0.4) is 0 Å². The first kappa shape index (κ1) is 21.8. The summed E-state index contributed by atoms with van der Waals surface area (Å²) in [6.07, 6.45) is 4.57. The lowest BCUT2D eigenvalue weighted by Gasteiger charge is -2.38. The fourth-order valence-corrected chi connectivity index (χ4v) is 2.39. The maximum atomic E-state index is 5.78. The van der Waals surface area contributed by atoms with Crippen LogP contribution < -0.4 is 0 Å². The zero-order valence-electron chi connectivity index (χ0n) is 16.2. The number of hydrogen-bond donors (Lipinski definition) is 0. The van der Waals surface area contributed by atoms with Crippen LogP contribution >= 0.6 is 0 Å². The molecule has 0 aromatic rings. The Morgan fingerprint density at radius 3 is 1.27 bits per heavy atom. The molecule has 0 saturated carbocycles. The van der Waals surface area contributed by atoms with E-state index in [2.05, 4.69) is 27.7 Å². The molecule has 0 heterocycles. The van der Waals surface area contributed by atoms with E-state index in [4.69, 9.17) is 19.6 Å². The molecule has 4 nitrogen and oxygen atoms in total. The van der Waals surface area contributed by atoms with Crippen molar-refractivity contribution in [2.45, 2.75) is 111 Å². The third-order valence-electron chi connectivity index (χ3n) is 3.89. The van der Waals surface area contributed by atoms with Crippen molar-refractivity contribution in [2.75, 3.05) is 0 Å². The van der Waals surface area contributed by atoms with Gasteiger partial charge in [0.15, 0.2) is 0 Å². The van der Waals surface area contributed by atoms with Crippen molar-refractivity contribution in [3.63, 3.8) is 0 Å². The summed E-state index contributed by atoms with van der Waals surface area (Å²) in [5, 5.41) is 0. The zero-order chi connectivity index (χ0) is 17.4. The van der Waals surface area contributed by atoms with Crippen LogP contribution in [0.15, 0.2) is 0 Å². The molecule has 0 atom stereocenters. The monoisotopic (exact) mass is 318 g/mol.